The lowest BCUT2D eigenvalue weighted by molar-refractivity contribution is 0.0909. The molecule has 1 amide bonds. The van der Waals surface area contributed by atoms with Crippen molar-refractivity contribution >= 4 is 11.7 Å². The van der Waals surface area contributed by atoms with E-state index in [1.54, 1.807) is 18.5 Å². The van der Waals surface area contributed by atoms with Gasteiger partial charge >= 0.3 is 0 Å². The predicted octanol–water partition coefficient (Wildman–Crippen LogP) is 2.20. The summed E-state index contributed by atoms with van der Waals surface area (Å²) in [5.74, 6) is -0.472. The fourth-order valence-corrected chi connectivity index (χ4v) is 2.39. The molecule has 24 heavy (non-hydrogen) atoms. The summed E-state index contributed by atoms with van der Waals surface area (Å²) in [4.78, 5) is 24.5. The molecule has 0 bridgehead atoms. The number of nitrogens with zero attached hydrogens (tertiary/aromatic N) is 2. The fourth-order valence-electron chi connectivity index (χ4n) is 2.39. The molecule has 6 nitrogen and oxygen atoms in total. The predicted molar refractivity (Wildman–Crippen MR) is 91.1 cm³/mol. The molecule has 2 N–H and O–H groups in total. The summed E-state index contributed by atoms with van der Waals surface area (Å²) in [6.45, 7) is 5.23. The van der Waals surface area contributed by atoms with E-state index in [9.17, 15) is 9.59 Å². The van der Waals surface area contributed by atoms with E-state index < -0.39 is 0 Å². The van der Waals surface area contributed by atoms with Crippen molar-refractivity contribution < 1.29 is 14.7 Å². The Morgan fingerprint density at radius 3 is 2.50 bits per heavy atom. The molecule has 2 aromatic rings. The van der Waals surface area contributed by atoms with Crippen molar-refractivity contribution in [1.29, 1.82) is 0 Å². The summed E-state index contributed by atoms with van der Waals surface area (Å²) in [5.41, 5.74) is 1.57. The molecule has 0 fully saturated rings. The van der Waals surface area contributed by atoms with Crippen molar-refractivity contribution in [2.24, 2.45) is 0 Å². The number of Topliss-reactive ketones (excluding diaryl/α,β-unsaturated/α-hetero) is 1. The minimum absolute atomic E-state index is 0.113. The van der Waals surface area contributed by atoms with Gasteiger partial charge < -0.3 is 10.4 Å². The summed E-state index contributed by atoms with van der Waals surface area (Å²) in [7, 11) is 0. The highest BCUT2D eigenvalue weighted by molar-refractivity contribution is 5.98. The van der Waals surface area contributed by atoms with Gasteiger partial charge in [-0.15, -0.1) is 0 Å². The van der Waals surface area contributed by atoms with E-state index in [1.807, 2.05) is 37.3 Å². The molecule has 1 heterocycles. The molecule has 2 atom stereocenters. The van der Waals surface area contributed by atoms with Crippen LogP contribution >= 0.6 is 0 Å². The van der Waals surface area contributed by atoms with Crippen molar-refractivity contribution in [1.82, 2.24) is 15.1 Å². The number of carbonyl (C=O) groups excluding carboxylic acids is 2. The van der Waals surface area contributed by atoms with Gasteiger partial charge in [0.1, 0.15) is 11.4 Å². The number of aliphatic hydroxyl groups excluding tert-OH is 1. The Morgan fingerprint density at radius 1 is 1.25 bits per heavy atom. The molecule has 1 aromatic heterocycles. The maximum Gasteiger partial charge on any atom is 0.269 e. The molecule has 0 aliphatic rings. The Kier molecular flexibility index (Phi) is 5.87. The van der Waals surface area contributed by atoms with E-state index in [2.05, 4.69) is 10.4 Å². The quantitative estimate of drug-likeness (QED) is 0.763. The molecule has 1 aromatic carbocycles. The number of benzene rings is 1. The van der Waals surface area contributed by atoms with Crippen LogP contribution in [0, 0.1) is 0 Å². The Morgan fingerprint density at radius 2 is 1.92 bits per heavy atom. The number of amides is 1. The average molecular weight is 329 g/mol. The zero-order chi connectivity index (χ0) is 17.7. The SMILES string of the molecule is CCC(=O)c1cc(C(=O)NC(C)CO)n([C@@H](C)c2ccccc2)n1. The molecule has 128 valence electrons. The number of hydrogen-bond donors (Lipinski definition) is 2. The highest BCUT2D eigenvalue weighted by Crippen LogP contribution is 2.20. The van der Waals surface area contributed by atoms with Gasteiger partial charge in [-0.1, -0.05) is 37.3 Å². The number of aromatic nitrogens is 2. The van der Waals surface area contributed by atoms with E-state index in [-0.39, 0.29) is 36.1 Å². The van der Waals surface area contributed by atoms with Crippen molar-refractivity contribution in [3.05, 3.63) is 53.3 Å². The number of carbonyl (C=O) groups is 2. The normalized spacial score (nSPS) is 13.3. The number of ketones is 1. The van der Waals surface area contributed by atoms with Crippen LogP contribution in [0.4, 0.5) is 0 Å². The minimum atomic E-state index is -0.377. The molecule has 6 heteroatoms. The first-order valence-electron chi connectivity index (χ1n) is 8.07. The van der Waals surface area contributed by atoms with Crippen molar-refractivity contribution in [3.63, 3.8) is 0 Å². The lowest BCUT2D eigenvalue weighted by atomic mass is 10.1. The lowest BCUT2D eigenvalue weighted by Gasteiger charge is -2.17. The standard InChI is InChI=1S/C18H23N3O3/c1-4-17(23)15-10-16(18(24)19-12(2)11-22)21(20-15)13(3)14-8-6-5-7-9-14/h5-10,12-13,22H,4,11H2,1-3H3,(H,19,24)/t12?,13-/m0/s1. The highest BCUT2D eigenvalue weighted by atomic mass is 16.3. The highest BCUT2D eigenvalue weighted by Gasteiger charge is 2.23. The fraction of sp³-hybridized carbons (Fsp3) is 0.389. The van der Waals surface area contributed by atoms with Gasteiger partial charge in [-0.25, -0.2) is 0 Å². The van der Waals surface area contributed by atoms with E-state index in [4.69, 9.17) is 5.11 Å². The third-order valence-corrected chi connectivity index (χ3v) is 3.88. The van der Waals surface area contributed by atoms with E-state index in [0.29, 0.717) is 12.1 Å². The van der Waals surface area contributed by atoms with Gasteiger partial charge in [0.05, 0.1) is 12.6 Å². The second-order valence-electron chi connectivity index (χ2n) is 5.78. The van der Waals surface area contributed by atoms with Crippen molar-refractivity contribution in [3.8, 4) is 0 Å². The number of nitrogens with one attached hydrogen (secondary N) is 1. The van der Waals surface area contributed by atoms with Crippen molar-refractivity contribution in [2.75, 3.05) is 6.61 Å². The monoisotopic (exact) mass is 329 g/mol. The maximum atomic E-state index is 12.5. The second-order valence-corrected chi connectivity index (χ2v) is 5.78. The maximum absolute atomic E-state index is 12.5. The second kappa shape index (κ2) is 7.88. The molecule has 0 aliphatic carbocycles. The number of aliphatic hydroxyl groups is 1. The summed E-state index contributed by atoms with van der Waals surface area (Å²) < 4.78 is 1.57. The molecule has 0 saturated carbocycles. The first kappa shape index (κ1) is 17.9. The molecule has 0 aliphatic heterocycles. The first-order chi connectivity index (χ1) is 11.5. The number of hydrogen-bond acceptors (Lipinski definition) is 4. The van der Waals surface area contributed by atoms with Gasteiger partial charge in [0, 0.05) is 18.5 Å². The summed E-state index contributed by atoms with van der Waals surface area (Å²) in [6.07, 6.45) is 0.324. The van der Waals surface area contributed by atoms with Crippen LogP contribution in [0.1, 0.15) is 59.8 Å². The zero-order valence-corrected chi connectivity index (χ0v) is 14.2. The first-order valence-corrected chi connectivity index (χ1v) is 8.07. The minimum Gasteiger partial charge on any atom is -0.394 e. The summed E-state index contributed by atoms with van der Waals surface area (Å²) in [6, 6.07) is 10.6. The van der Waals surface area contributed by atoms with Gasteiger partial charge in [-0.3, -0.25) is 14.3 Å². The third kappa shape index (κ3) is 3.89. The zero-order valence-electron chi connectivity index (χ0n) is 14.2. The summed E-state index contributed by atoms with van der Waals surface area (Å²) in [5, 5.41) is 16.2. The van der Waals surface area contributed by atoms with Crippen LogP contribution < -0.4 is 5.32 Å². The number of rotatable bonds is 7. The molecule has 0 spiro atoms. The smallest absolute Gasteiger partial charge is 0.269 e. The molecule has 0 saturated heterocycles. The Hall–Kier alpha value is -2.47. The Labute approximate surface area is 141 Å². The molecule has 1 unspecified atom stereocenters. The molecule has 0 radical (unpaired) electrons. The van der Waals surface area contributed by atoms with Gasteiger partial charge in [0.2, 0.25) is 0 Å². The van der Waals surface area contributed by atoms with Crippen LogP contribution in [0.5, 0.6) is 0 Å². The summed E-state index contributed by atoms with van der Waals surface area (Å²) >= 11 is 0. The van der Waals surface area contributed by atoms with Crippen molar-refractivity contribution in [2.45, 2.75) is 39.3 Å². The van der Waals surface area contributed by atoms with Gasteiger partial charge in [-0.2, -0.15) is 5.10 Å². The Balaban J connectivity index is 2.42. The van der Waals surface area contributed by atoms with E-state index in [1.165, 1.54) is 6.07 Å². The van der Waals surface area contributed by atoms with Gasteiger partial charge in [0.25, 0.3) is 5.91 Å². The van der Waals surface area contributed by atoms with E-state index in [0.717, 1.165) is 5.56 Å². The average Bonchev–Trinajstić information content (AvgIpc) is 3.06. The third-order valence-electron chi connectivity index (χ3n) is 3.88. The topological polar surface area (TPSA) is 84.2 Å². The van der Waals surface area contributed by atoms with Crippen LogP contribution in [-0.4, -0.2) is 39.2 Å². The largest absolute Gasteiger partial charge is 0.394 e. The van der Waals surface area contributed by atoms with Gasteiger partial charge in [-0.05, 0) is 19.4 Å². The van der Waals surface area contributed by atoms with Crippen LogP contribution in [0.2, 0.25) is 0 Å². The van der Waals surface area contributed by atoms with Crippen LogP contribution in [0.15, 0.2) is 36.4 Å². The molecular formula is C18H23N3O3. The molecule has 2 rings (SSSR count). The van der Waals surface area contributed by atoms with Crippen LogP contribution in [-0.2, 0) is 0 Å². The molecular weight excluding hydrogens is 306 g/mol. The van der Waals surface area contributed by atoms with Crippen LogP contribution in [0.3, 0.4) is 0 Å². The lowest BCUT2D eigenvalue weighted by Crippen LogP contribution is -2.36. The van der Waals surface area contributed by atoms with E-state index >= 15 is 0 Å². The van der Waals surface area contributed by atoms with Crippen LogP contribution in [0.25, 0.3) is 0 Å². The Bertz CT molecular complexity index is 710. The van der Waals surface area contributed by atoms with Gasteiger partial charge in [0.15, 0.2) is 5.78 Å².